The zero-order valence-corrected chi connectivity index (χ0v) is 12.3. The molecule has 1 saturated carbocycles. The Morgan fingerprint density at radius 1 is 1.33 bits per heavy atom. The fraction of sp³-hybridized carbons (Fsp3) is 0.727. The van der Waals surface area contributed by atoms with Crippen LogP contribution in [0.25, 0.3) is 0 Å². The van der Waals surface area contributed by atoms with Crippen molar-refractivity contribution in [2.24, 2.45) is 11.8 Å². The molecule has 4 nitrogen and oxygen atoms in total. The van der Waals surface area contributed by atoms with Crippen LogP contribution in [0.2, 0.25) is 4.47 Å². The number of sulfonamides is 1. The van der Waals surface area contributed by atoms with Crippen molar-refractivity contribution >= 4 is 33.0 Å². The molecule has 0 aromatic carbocycles. The largest absolute Gasteiger partial charge is 0.254 e. The van der Waals surface area contributed by atoms with Crippen LogP contribution < -0.4 is 0 Å². The van der Waals surface area contributed by atoms with Crippen LogP contribution >= 0.6 is 22.9 Å². The van der Waals surface area contributed by atoms with Crippen LogP contribution in [0.3, 0.4) is 0 Å². The SMILES string of the molecule is O=S(=O)(c1cnc(Cl)s1)N1CC2CCCC(C2)C1. The van der Waals surface area contributed by atoms with E-state index < -0.39 is 10.0 Å². The topological polar surface area (TPSA) is 50.3 Å². The van der Waals surface area contributed by atoms with E-state index in [4.69, 9.17) is 11.6 Å². The molecule has 2 unspecified atom stereocenters. The zero-order valence-electron chi connectivity index (χ0n) is 9.88. The van der Waals surface area contributed by atoms with Crippen molar-refractivity contribution in [3.63, 3.8) is 0 Å². The zero-order chi connectivity index (χ0) is 12.8. The Labute approximate surface area is 116 Å². The third-order valence-electron chi connectivity index (χ3n) is 3.87. The summed E-state index contributed by atoms with van der Waals surface area (Å²) >= 11 is 6.77. The predicted octanol–water partition coefficient (Wildman–Crippen LogP) is 2.61. The third-order valence-corrected chi connectivity index (χ3v) is 7.25. The van der Waals surface area contributed by atoms with Gasteiger partial charge in [0.2, 0.25) is 0 Å². The van der Waals surface area contributed by atoms with Gasteiger partial charge in [0.25, 0.3) is 10.0 Å². The van der Waals surface area contributed by atoms with Crippen LogP contribution in [-0.2, 0) is 10.0 Å². The summed E-state index contributed by atoms with van der Waals surface area (Å²) in [6.07, 6.45) is 6.12. The quantitative estimate of drug-likeness (QED) is 0.844. The minimum Gasteiger partial charge on any atom is -0.232 e. The molecule has 0 spiro atoms. The van der Waals surface area contributed by atoms with Crippen LogP contribution in [0.1, 0.15) is 25.7 Å². The van der Waals surface area contributed by atoms with Crippen molar-refractivity contribution in [3.8, 4) is 0 Å². The van der Waals surface area contributed by atoms with Crippen molar-refractivity contribution in [1.29, 1.82) is 0 Å². The lowest BCUT2D eigenvalue weighted by molar-refractivity contribution is 0.144. The third kappa shape index (κ3) is 2.31. The van der Waals surface area contributed by atoms with Gasteiger partial charge in [-0.1, -0.05) is 29.4 Å². The van der Waals surface area contributed by atoms with E-state index in [1.54, 1.807) is 4.31 Å². The van der Waals surface area contributed by atoms with Crippen LogP contribution in [0.5, 0.6) is 0 Å². The summed E-state index contributed by atoms with van der Waals surface area (Å²) in [5.74, 6) is 1.08. The molecule has 1 aromatic heterocycles. The molecule has 1 aliphatic carbocycles. The summed E-state index contributed by atoms with van der Waals surface area (Å²) in [7, 11) is -3.38. The Bertz CT molecular complexity index is 531. The highest BCUT2D eigenvalue weighted by atomic mass is 35.5. The maximum Gasteiger partial charge on any atom is 0.254 e. The van der Waals surface area contributed by atoms with Gasteiger partial charge in [0, 0.05) is 13.1 Å². The number of thiazole rings is 1. The molecule has 1 aliphatic heterocycles. The molecule has 100 valence electrons. The first-order valence-electron chi connectivity index (χ1n) is 6.17. The van der Waals surface area contributed by atoms with Gasteiger partial charge >= 0.3 is 0 Å². The lowest BCUT2D eigenvalue weighted by atomic mass is 9.79. The number of fused-ring (bicyclic) bond motifs is 2. The van der Waals surface area contributed by atoms with Gasteiger partial charge < -0.3 is 0 Å². The lowest BCUT2D eigenvalue weighted by Gasteiger charge is -2.40. The molecule has 2 aliphatic rings. The molecule has 3 rings (SSSR count). The number of nitrogens with zero attached hydrogens (tertiary/aromatic N) is 2. The molecule has 0 radical (unpaired) electrons. The summed E-state index contributed by atoms with van der Waals surface area (Å²) in [6, 6.07) is 0. The first kappa shape index (κ1) is 12.8. The fourth-order valence-corrected chi connectivity index (χ4v) is 6.11. The highest BCUT2D eigenvalue weighted by Gasteiger charge is 2.37. The molecule has 0 amide bonds. The van der Waals surface area contributed by atoms with E-state index in [0.717, 1.165) is 24.2 Å². The molecule has 1 aromatic rings. The van der Waals surface area contributed by atoms with Crippen molar-refractivity contribution < 1.29 is 8.42 Å². The standard InChI is InChI=1S/C11H15ClN2O2S2/c12-11-13-5-10(17-11)18(15,16)14-6-8-2-1-3-9(4-8)7-14/h5,8-9H,1-4,6-7H2. The van der Waals surface area contributed by atoms with E-state index in [1.807, 2.05) is 0 Å². The summed E-state index contributed by atoms with van der Waals surface area (Å²) in [4.78, 5) is 3.83. The van der Waals surface area contributed by atoms with Gasteiger partial charge in [-0.2, -0.15) is 4.31 Å². The number of hydrogen-bond acceptors (Lipinski definition) is 4. The lowest BCUT2D eigenvalue weighted by Crippen LogP contribution is -2.45. The molecule has 2 bridgehead atoms. The summed E-state index contributed by atoms with van der Waals surface area (Å²) in [5, 5.41) is 0. The molecule has 2 fully saturated rings. The minimum atomic E-state index is -3.38. The summed E-state index contributed by atoms with van der Waals surface area (Å²) < 4.78 is 27.1. The van der Waals surface area contributed by atoms with Gasteiger partial charge in [-0.15, -0.1) is 0 Å². The number of rotatable bonds is 2. The molecule has 1 saturated heterocycles. The van der Waals surface area contributed by atoms with Crippen LogP contribution in [0, 0.1) is 11.8 Å². The van der Waals surface area contributed by atoms with Crippen molar-refractivity contribution in [2.45, 2.75) is 29.9 Å². The second-order valence-electron chi connectivity index (χ2n) is 5.15. The average Bonchev–Trinajstić information content (AvgIpc) is 2.76. The predicted molar refractivity (Wildman–Crippen MR) is 71.3 cm³/mol. The van der Waals surface area contributed by atoms with E-state index in [2.05, 4.69) is 4.98 Å². The van der Waals surface area contributed by atoms with Gasteiger partial charge in [-0.3, -0.25) is 0 Å². The van der Waals surface area contributed by atoms with Crippen LogP contribution in [0.4, 0.5) is 0 Å². The molecule has 0 N–H and O–H groups in total. The second-order valence-corrected chi connectivity index (χ2v) is 8.93. The van der Waals surface area contributed by atoms with Gasteiger partial charge in [-0.05, 0) is 31.1 Å². The van der Waals surface area contributed by atoms with E-state index in [-0.39, 0.29) is 8.68 Å². The van der Waals surface area contributed by atoms with E-state index in [9.17, 15) is 8.42 Å². The fourth-order valence-electron chi connectivity index (χ4n) is 3.07. The molecular weight excluding hydrogens is 292 g/mol. The number of halogens is 1. The van der Waals surface area contributed by atoms with Crippen molar-refractivity contribution in [1.82, 2.24) is 9.29 Å². The second kappa shape index (κ2) is 4.74. The maximum absolute atomic E-state index is 12.5. The van der Waals surface area contributed by atoms with Crippen LogP contribution in [-0.4, -0.2) is 30.8 Å². The summed E-state index contributed by atoms with van der Waals surface area (Å²) in [5.41, 5.74) is 0. The number of aromatic nitrogens is 1. The normalized spacial score (nSPS) is 29.4. The molecule has 7 heteroatoms. The van der Waals surface area contributed by atoms with Crippen LogP contribution in [0.15, 0.2) is 10.4 Å². The molecular formula is C11H15ClN2O2S2. The van der Waals surface area contributed by atoms with Gasteiger partial charge in [0.15, 0.2) is 8.68 Å². The smallest absolute Gasteiger partial charge is 0.232 e. The van der Waals surface area contributed by atoms with E-state index in [0.29, 0.717) is 24.9 Å². The van der Waals surface area contributed by atoms with Gasteiger partial charge in [0.1, 0.15) is 0 Å². The van der Waals surface area contributed by atoms with Gasteiger partial charge in [-0.25, -0.2) is 13.4 Å². The monoisotopic (exact) mass is 306 g/mol. The van der Waals surface area contributed by atoms with Gasteiger partial charge in [0.05, 0.1) is 6.20 Å². The first-order valence-corrected chi connectivity index (χ1v) is 8.80. The van der Waals surface area contributed by atoms with E-state index >= 15 is 0 Å². The Morgan fingerprint density at radius 3 is 2.56 bits per heavy atom. The Kier molecular flexibility index (Phi) is 3.38. The Balaban J connectivity index is 1.86. The maximum atomic E-state index is 12.5. The Morgan fingerprint density at radius 2 is 2.00 bits per heavy atom. The average molecular weight is 307 g/mol. The number of hydrogen-bond donors (Lipinski definition) is 0. The van der Waals surface area contributed by atoms with Crippen molar-refractivity contribution in [3.05, 3.63) is 10.7 Å². The minimum absolute atomic E-state index is 0.271. The molecule has 2 heterocycles. The Hall–Kier alpha value is -0.170. The molecule has 2 atom stereocenters. The number of piperidine rings is 1. The highest BCUT2D eigenvalue weighted by molar-refractivity contribution is 7.91. The summed E-state index contributed by atoms with van der Waals surface area (Å²) in [6.45, 7) is 1.32. The highest BCUT2D eigenvalue weighted by Crippen LogP contribution is 2.37. The van der Waals surface area contributed by atoms with Crippen molar-refractivity contribution in [2.75, 3.05) is 13.1 Å². The molecule has 18 heavy (non-hydrogen) atoms. The van der Waals surface area contributed by atoms with E-state index in [1.165, 1.54) is 19.0 Å². The first-order chi connectivity index (χ1) is 8.55.